The molecule has 13 heavy (non-hydrogen) atoms. The van der Waals surface area contributed by atoms with Crippen molar-refractivity contribution < 1.29 is 4.52 Å². The molecule has 0 saturated carbocycles. The highest BCUT2D eigenvalue weighted by molar-refractivity contribution is 5.77. The van der Waals surface area contributed by atoms with Gasteiger partial charge in [0.25, 0.3) is 0 Å². The van der Waals surface area contributed by atoms with Gasteiger partial charge in [0.2, 0.25) is 6.39 Å². The van der Waals surface area contributed by atoms with E-state index >= 15 is 0 Å². The fourth-order valence-corrected chi connectivity index (χ4v) is 0.727. The first-order valence-electron chi connectivity index (χ1n) is 4.12. The van der Waals surface area contributed by atoms with Gasteiger partial charge in [0.1, 0.15) is 6.54 Å². The van der Waals surface area contributed by atoms with Gasteiger partial charge in [0, 0.05) is 6.54 Å². The smallest absolute Gasteiger partial charge is 0.213 e. The zero-order valence-corrected chi connectivity index (χ0v) is 7.53. The first-order chi connectivity index (χ1) is 6.33. The Kier molecular flexibility index (Phi) is 3.74. The van der Waals surface area contributed by atoms with Gasteiger partial charge in [-0.15, -0.1) is 0 Å². The van der Waals surface area contributed by atoms with Crippen molar-refractivity contribution in [3.8, 4) is 0 Å². The lowest BCUT2D eigenvalue weighted by atomic mass is 10.5. The number of nitrogens with zero attached hydrogens (tertiary/aromatic N) is 3. The predicted molar refractivity (Wildman–Crippen MR) is 47.9 cm³/mol. The summed E-state index contributed by atoms with van der Waals surface area (Å²) in [5.74, 6) is 0.938. The Labute approximate surface area is 76.2 Å². The lowest BCUT2D eigenvalue weighted by molar-refractivity contribution is 0.410. The second-order valence-electron chi connectivity index (χ2n) is 2.48. The van der Waals surface area contributed by atoms with E-state index in [2.05, 4.69) is 31.9 Å². The topological polar surface area (TPSA) is 89.3 Å². The molecule has 0 spiro atoms. The van der Waals surface area contributed by atoms with Crippen LogP contribution in [0.1, 0.15) is 19.2 Å². The van der Waals surface area contributed by atoms with Gasteiger partial charge in [0.15, 0.2) is 11.8 Å². The van der Waals surface area contributed by atoms with Crippen LogP contribution in [0.4, 0.5) is 0 Å². The molecule has 6 nitrogen and oxygen atoms in total. The van der Waals surface area contributed by atoms with Crippen LogP contribution in [0.3, 0.4) is 0 Å². The van der Waals surface area contributed by atoms with E-state index in [9.17, 15) is 0 Å². The van der Waals surface area contributed by atoms with Gasteiger partial charge in [-0.1, -0.05) is 12.1 Å². The minimum Gasteiger partial charge on any atom is -0.370 e. The van der Waals surface area contributed by atoms with Gasteiger partial charge >= 0.3 is 0 Å². The first kappa shape index (κ1) is 9.50. The van der Waals surface area contributed by atoms with E-state index in [0.29, 0.717) is 18.3 Å². The van der Waals surface area contributed by atoms with Gasteiger partial charge in [-0.25, -0.2) is 4.99 Å². The number of aliphatic imine (C=N–C) groups is 1. The van der Waals surface area contributed by atoms with Crippen LogP contribution in [-0.4, -0.2) is 22.6 Å². The Morgan fingerprint density at radius 3 is 3.23 bits per heavy atom. The van der Waals surface area contributed by atoms with Crippen molar-refractivity contribution in [2.75, 3.05) is 6.54 Å². The standard InChI is InChI=1S/C7H13N5O/c1-2-3-9-7(8)10-4-6-11-5-13-12-6/h5H,2-4H2,1H3,(H3,8,9,10). The number of nitrogens with one attached hydrogen (secondary N) is 1. The molecule has 1 heterocycles. The molecule has 1 aromatic heterocycles. The average molecular weight is 183 g/mol. The third-order valence-corrected chi connectivity index (χ3v) is 1.35. The zero-order chi connectivity index (χ0) is 9.52. The van der Waals surface area contributed by atoms with E-state index in [4.69, 9.17) is 5.73 Å². The first-order valence-corrected chi connectivity index (χ1v) is 4.12. The summed E-state index contributed by atoms with van der Waals surface area (Å²) in [6.45, 7) is 3.22. The van der Waals surface area contributed by atoms with Gasteiger partial charge in [0.05, 0.1) is 0 Å². The summed E-state index contributed by atoms with van der Waals surface area (Å²) in [4.78, 5) is 7.80. The molecule has 0 atom stereocenters. The van der Waals surface area contributed by atoms with E-state index in [0.717, 1.165) is 13.0 Å². The van der Waals surface area contributed by atoms with Crippen LogP contribution in [0.25, 0.3) is 0 Å². The minimum absolute atomic E-state index is 0.346. The molecule has 0 saturated heterocycles. The van der Waals surface area contributed by atoms with Gasteiger partial charge in [-0.05, 0) is 6.42 Å². The maximum absolute atomic E-state index is 5.53. The molecule has 0 aromatic carbocycles. The van der Waals surface area contributed by atoms with Crippen molar-refractivity contribution in [3.05, 3.63) is 12.2 Å². The van der Waals surface area contributed by atoms with Crippen molar-refractivity contribution in [1.29, 1.82) is 0 Å². The van der Waals surface area contributed by atoms with Gasteiger partial charge in [-0.2, -0.15) is 4.98 Å². The molecule has 3 N–H and O–H groups in total. The molecule has 0 bridgehead atoms. The summed E-state index contributed by atoms with van der Waals surface area (Å²) in [7, 11) is 0. The molecule has 0 fully saturated rings. The molecule has 0 radical (unpaired) electrons. The van der Waals surface area contributed by atoms with Crippen LogP contribution >= 0.6 is 0 Å². The fourth-order valence-electron chi connectivity index (χ4n) is 0.727. The molecule has 1 aromatic rings. The zero-order valence-electron chi connectivity index (χ0n) is 7.53. The van der Waals surface area contributed by atoms with Crippen LogP contribution < -0.4 is 11.1 Å². The third-order valence-electron chi connectivity index (χ3n) is 1.35. The molecule has 0 aliphatic carbocycles. The normalized spacial score (nSPS) is 11.6. The van der Waals surface area contributed by atoms with Crippen LogP contribution in [0, 0.1) is 0 Å². The van der Waals surface area contributed by atoms with E-state index in [-0.39, 0.29) is 0 Å². The Balaban J connectivity index is 2.30. The highest BCUT2D eigenvalue weighted by atomic mass is 16.5. The van der Waals surface area contributed by atoms with Crippen molar-refractivity contribution in [3.63, 3.8) is 0 Å². The van der Waals surface area contributed by atoms with Crippen molar-refractivity contribution in [1.82, 2.24) is 15.5 Å². The van der Waals surface area contributed by atoms with E-state index in [1.807, 2.05) is 0 Å². The number of rotatable bonds is 4. The highest BCUT2D eigenvalue weighted by Gasteiger charge is 1.96. The fraction of sp³-hybridized carbons (Fsp3) is 0.571. The summed E-state index contributed by atoms with van der Waals surface area (Å²) >= 11 is 0. The lowest BCUT2D eigenvalue weighted by Crippen LogP contribution is -2.32. The van der Waals surface area contributed by atoms with Crippen LogP contribution in [0.15, 0.2) is 15.9 Å². The van der Waals surface area contributed by atoms with Crippen LogP contribution in [0.2, 0.25) is 0 Å². The summed E-state index contributed by atoms with van der Waals surface area (Å²) < 4.78 is 4.54. The van der Waals surface area contributed by atoms with Crippen molar-refractivity contribution >= 4 is 5.96 Å². The molecule has 0 amide bonds. The molecule has 0 aliphatic heterocycles. The Bertz CT molecular complexity index is 256. The number of nitrogens with two attached hydrogens (primary N) is 1. The predicted octanol–water partition coefficient (Wildman–Crippen LogP) is -0.116. The summed E-state index contributed by atoms with van der Waals surface area (Å²) in [5.41, 5.74) is 5.53. The monoisotopic (exact) mass is 183 g/mol. The molecule has 0 aliphatic rings. The van der Waals surface area contributed by atoms with Gasteiger partial charge < -0.3 is 15.6 Å². The van der Waals surface area contributed by atoms with Crippen LogP contribution in [-0.2, 0) is 6.54 Å². The average Bonchev–Trinajstić information content (AvgIpc) is 2.64. The van der Waals surface area contributed by atoms with Crippen molar-refractivity contribution in [2.24, 2.45) is 10.7 Å². The lowest BCUT2D eigenvalue weighted by Gasteiger charge is -2.01. The van der Waals surface area contributed by atoms with Crippen LogP contribution in [0.5, 0.6) is 0 Å². The second-order valence-corrected chi connectivity index (χ2v) is 2.48. The van der Waals surface area contributed by atoms with Crippen molar-refractivity contribution in [2.45, 2.75) is 19.9 Å². The molecule has 72 valence electrons. The van der Waals surface area contributed by atoms with E-state index in [1.54, 1.807) is 0 Å². The highest BCUT2D eigenvalue weighted by Crippen LogP contribution is 1.89. The van der Waals surface area contributed by atoms with E-state index in [1.165, 1.54) is 6.39 Å². The summed E-state index contributed by atoms with van der Waals surface area (Å²) in [6, 6.07) is 0. The molecular formula is C7H13N5O. The SMILES string of the molecule is CCCNC(N)=NCc1ncon1. The maximum Gasteiger partial charge on any atom is 0.213 e. The summed E-state index contributed by atoms with van der Waals surface area (Å²) in [5, 5.41) is 6.53. The molecule has 1 rings (SSSR count). The number of hydrogen-bond donors (Lipinski definition) is 2. The molecule has 6 heteroatoms. The molecule has 0 unspecified atom stereocenters. The Hall–Kier alpha value is -1.59. The molecular weight excluding hydrogens is 170 g/mol. The van der Waals surface area contributed by atoms with Gasteiger partial charge in [-0.3, -0.25) is 0 Å². The Morgan fingerprint density at radius 2 is 2.62 bits per heavy atom. The maximum atomic E-state index is 5.53. The summed E-state index contributed by atoms with van der Waals surface area (Å²) in [6.07, 6.45) is 2.28. The van der Waals surface area contributed by atoms with E-state index < -0.39 is 0 Å². The second kappa shape index (κ2) is 5.13. The quantitative estimate of drug-likeness (QED) is 0.502. The minimum atomic E-state index is 0.346. The third kappa shape index (κ3) is 3.55. The number of aromatic nitrogens is 2. The largest absolute Gasteiger partial charge is 0.370 e. The Morgan fingerprint density at radius 1 is 1.77 bits per heavy atom. The number of guanidine groups is 1. The number of hydrogen-bond acceptors (Lipinski definition) is 4.